The van der Waals surface area contributed by atoms with Gasteiger partial charge in [0.2, 0.25) is 0 Å². The van der Waals surface area contributed by atoms with Crippen molar-refractivity contribution in [2.45, 2.75) is 69.6 Å². The molecule has 3 fully saturated rings. The first-order chi connectivity index (χ1) is 9.15. The van der Waals surface area contributed by atoms with E-state index in [0.29, 0.717) is 6.04 Å². The molecule has 4 heteroatoms. The lowest BCUT2D eigenvalue weighted by Gasteiger charge is -2.32. The SMILES string of the molecule is CN(C(=O)NC1CCC(O)CC1)C(C1CC1)C1CC1. The molecule has 0 aromatic rings. The maximum atomic E-state index is 12.4. The second-order valence-corrected chi connectivity index (χ2v) is 6.73. The van der Waals surface area contributed by atoms with Crippen molar-refractivity contribution in [1.29, 1.82) is 0 Å². The van der Waals surface area contributed by atoms with E-state index in [1.54, 1.807) is 0 Å². The Bertz CT molecular complexity index is 319. The van der Waals surface area contributed by atoms with Crippen LogP contribution in [0.3, 0.4) is 0 Å². The van der Waals surface area contributed by atoms with Crippen molar-refractivity contribution in [3.8, 4) is 0 Å². The fraction of sp³-hybridized carbons (Fsp3) is 0.933. The van der Waals surface area contributed by atoms with Crippen LogP contribution in [-0.4, -0.2) is 41.3 Å². The van der Waals surface area contributed by atoms with E-state index in [9.17, 15) is 9.90 Å². The van der Waals surface area contributed by atoms with Crippen molar-refractivity contribution in [3.05, 3.63) is 0 Å². The Kier molecular flexibility index (Phi) is 3.70. The molecule has 0 bridgehead atoms. The van der Waals surface area contributed by atoms with E-state index in [-0.39, 0.29) is 18.2 Å². The summed E-state index contributed by atoms with van der Waals surface area (Å²) in [5.74, 6) is 1.52. The highest BCUT2D eigenvalue weighted by Crippen LogP contribution is 2.46. The minimum Gasteiger partial charge on any atom is -0.393 e. The van der Waals surface area contributed by atoms with Crippen LogP contribution in [0.5, 0.6) is 0 Å². The van der Waals surface area contributed by atoms with Gasteiger partial charge in [0.15, 0.2) is 0 Å². The zero-order valence-electron chi connectivity index (χ0n) is 11.8. The van der Waals surface area contributed by atoms with Crippen molar-refractivity contribution in [3.63, 3.8) is 0 Å². The summed E-state index contributed by atoms with van der Waals surface area (Å²) in [6, 6.07) is 0.844. The Labute approximate surface area is 115 Å². The number of aliphatic hydroxyl groups is 1. The van der Waals surface area contributed by atoms with Gasteiger partial charge >= 0.3 is 6.03 Å². The first-order valence-electron chi connectivity index (χ1n) is 7.86. The number of hydrogen-bond acceptors (Lipinski definition) is 2. The molecule has 0 saturated heterocycles. The van der Waals surface area contributed by atoms with Gasteiger partial charge in [-0.2, -0.15) is 0 Å². The van der Waals surface area contributed by atoms with Crippen LogP contribution in [0.2, 0.25) is 0 Å². The second kappa shape index (κ2) is 5.31. The molecule has 2 N–H and O–H groups in total. The van der Waals surface area contributed by atoms with Gasteiger partial charge in [0.25, 0.3) is 0 Å². The lowest BCUT2D eigenvalue weighted by Crippen LogP contribution is -2.49. The summed E-state index contributed by atoms with van der Waals surface area (Å²) in [5, 5.41) is 12.7. The highest BCUT2D eigenvalue weighted by atomic mass is 16.3. The quantitative estimate of drug-likeness (QED) is 0.819. The van der Waals surface area contributed by atoms with Gasteiger partial charge in [-0.05, 0) is 63.2 Å². The molecule has 3 rings (SSSR count). The number of nitrogens with zero attached hydrogens (tertiary/aromatic N) is 1. The van der Waals surface area contributed by atoms with Gasteiger partial charge in [0.05, 0.1) is 6.10 Å². The van der Waals surface area contributed by atoms with Gasteiger partial charge in [-0.3, -0.25) is 0 Å². The van der Waals surface area contributed by atoms with Gasteiger partial charge in [0.1, 0.15) is 0 Å². The fourth-order valence-electron chi connectivity index (χ4n) is 3.52. The van der Waals surface area contributed by atoms with Crippen LogP contribution in [0, 0.1) is 11.8 Å². The van der Waals surface area contributed by atoms with E-state index < -0.39 is 0 Å². The van der Waals surface area contributed by atoms with E-state index in [2.05, 4.69) is 5.32 Å². The topological polar surface area (TPSA) is 52.6 Å². The molecule has 0 heterocycles. The summed E-state index contributed by atoms with van der Waals surface area (Å²) >= 11 is 0. The largest absolute Gasteiger partial charge is 0.393 e. The number of aliphatic hydroxyl groups excluding tert-OH is 1. The van der Waals surface area contributed by atoms with Gasteiger partial charge in [-0.15, -0.1) is 0 Å². The van der Waals surface area contributed by atoms with Crippen LogP contribution < -0.4 is 5.32 Å². The Morgan fingerprint density at radius 3 is 2.05 bits per heavy atom. The molecular formula is C15H26N2O2. The maximum absolute atomic E-state index is 12.4. The summed E-state index contributed by atoms with van der Waals surface area (Å²) in [7, 11) is 1.97. The maximum Gasteiger partial charge on any atom is 0.317 e. The molecule has 0 atom stereocenters. The van der Waals surface area contributed by atoms with E-state index >= 15 is 0 Å². The van der Waals surface area contributed by atoms with Crippen LogP contribution in [0.25, 0.3) is 0 Å². The number of urea groups is 1. The number of carbonyl (C=O) groups is 1. The molecule has 0 spiro atoms. The molecule has 0 radical (unpaired) electrons. The summed E-state index contributed by atoms with van der Waals surface area (Å²) in [5.41, 5.74) is 0. The Hall–Kier alpha value is -0.770. The van der Waals surface area contributed by atoms with Crippen LogP contribution in [0.1, 0.15) is 51.4 Å². The van der Waals surface area contributed by atoms with Gasteiger partial charge < -0.3 is 15.3 Å². The average Bonchev–Trinajstić information content (AvgIpc) is 3.25. The minimum absolute atomic E-state index is 0.102. The van der Waals surface area contributed by atoms with E-state index in [0.717, 1.165) is 37.5 Å². The first kappa shape index (κ1) is 13.2. The lowest BCUT2D eigenvalue weighted by molar-refractivity contribution is 0.113. The van der Waals surface area contributed by atoms with E-state index in [1.807, 2.05) is 11.9 Å². The molecule has 2 amide bonds. The van der Waals surface area contributed by atoms with Gasteiger partial charge in [0, 0.05) is 19.1 Å². The predicted octanol–water partition coefficient (Wildman–Crippen LogP) is 2.12. The minimum atomic E-state index is -0.156. The number of amides is 2. The predicted molar refractivity (Wildman–Crippen MR) is 73.8 cm³/mol. The number of carbonyl (C=O) groups excluding carboxylic acids is 1. The fourth-order valence-corrected chi connectivity index (χ4v) is 3.52. The molecule has 19 heavy (non-hydrogen) atoms. The van der Waals surface area contributed by atoms with Crippen molar-refractivity contribution in [2.24, 2.45) is 11.8 Å². The zero-order valence-corrected chi connectivity index (χ0v) is 11.8. The third kappa shape index (κ3) is 3.22. The normalized spacial score (nSPS) is 31.3. The monoisotopic (exact) mass is 266 g/mol. The number of nitrogens with one attached hydrogen (secondary N) is 1. The van der Waals surface area contributed by atoms with Crippen LogP contribution in [0.15, 0.2) is 0 Å². The number of hydrogen-bond donors (Lipinski definition) is 2. The zero-order chi connectivity index (χ0) is 13.4. The van der Waals surface area contributed by atoms with Crippen LogP contribution in [0.4, 0.5) is 4.79 Å². The Morgan fingerprint density at radius 1 is 1.05 bits per heavy atom. The third-order valence-corrected chi connectivity index (χ3v) is 5.00. The van der Waals surface area contributed by atoms with Crippen molar-refractivity contribution in [2.75, 3.05) is 7.05 Å². The van der Waals surface area contributed by atoms with Crippen molar-refractivity contribution in [1.82, 2.24) is 10.2 Å². The highest BCUT2D eigenvalue weighted by molar-refractivity contribution is 5.74. The molecule has 0 aliphatic heterocycles. The smallest absolute Gasteiger partial charge is 0.317 e. The molecule has 0 unspecified atom stereocenters. The standard InChI is InChI=1S/C15H26N2O2/c1-17(14(10-2-3-10)11-4-5-11)15(19)16-12-6-8-13(18)9-7-12/h10-14,18H,2-9H2,1H3,(H,16,19). The van der Waals surface area contributed by atoms with Gasteiger partial charge in [-0.25, -0.2) is 4.79 Å². The van der Waals surface area contributed by atoms with Crippen LogP contribution >= 0.6 is 0 Å². The first-order valence-corrected chi connectivity index (χ1v) is 7.86. The van der Waals surface area contributed by atoms with Crippen molar-refractivity contribution < 1.29 is 9.90 Å². The summed E-state index contributed by atoms with van der Waals surface area (Å²) in [6.45, 7) is 0. The summed E-state index contributed by atoms with van der Waals surface area (Å²) < 4.78 is 0. The summed E-state index contributed by atoms with van der Waals surface area (Å²) in [6.07, 6.45) is 8.52. The summed E-state index contributed by atoms with van der Waals surface area (Å²) in [4.78, 5) is 14.3. The molecular weight excluding hydrogens is 240 g/mol. The lowest BCUT2D eigenvalue weighted by atomic mass is 9.93. The molecule has 0 aromatic heterocycles. The molecule has 3 saturated carbocycles. The van der Waals surface area contributed by atoms with E-state index in [4.69, 9.17) is 0 Å². The Balaban J connectivity index is 1.51. The molecule has 0 aromatic carbocycles. The highest BCUT2D eigenvalue weighted by Gasteiger charge is 2.45. The van der Waals surface area contributed by atoms with Crippen LogP contribution in [-0.2, 0) is 0 Å². The van der Waals surface area contributed by atoms with Gasteiger partial charge in [-0.1, -0.05) is 0 Å². The molecule has 3 aliphatic carbocycles. The van der Waals surface area contributed by atoms with Crippen molar-refractivity contribution >= 4 is 6.03 Å². The van der Waals surface area contributed by atoms with E-state index in [1.165, 1.54) is 25.7 Å². The molecule has 3 aliphatic rings. The Morgan fingerprint density at radius 2 is 1.58 bits per heavy atom. The average molecular weight is 266 g/mol. The molecule has 4 nitrogen and oxygen atoms in total. The third-order valence-electron chi connectivity index (χ3n) is 5.00. The second-order valence-electron chi connectivity index (χ2n) is 6.73. The number of rotatable bonds is 4. The molecule has 108 valence electrons.